The summed E-state index contributed by atoms with van der Waals surface area (Å²) >= 11 is 1.58. The van der Waals surface area contributed by atoms with Crippen LogP contribution < -0.4 is 4.90 Å². The molecule has 1 atom stereocenters. The zero-order valence-electron chi connectivity index (χ0n) is 16.9. The predicted molar refractivity (Wildman–Crippen MR) is 119 cm³/mol. The molecular weight excluding hydrogens is 396 g/mol. The molecule has 1 saturated heterocycles. The summed E-state index contributed by atoms with van der Waals surface area (Å²) < 4.78 is 2.03. The highest BCUT2D eigenvalue weighted by molar-refractivity contribution is 7.15. The molecule has 5 rings (SSSR count). The SMILES string of the molecule is Cc1nc2sccn2c1CN(C)C(=O)[C@H]1CC(=O)N(c2cccc3ccccc23)C1. The smallest absolute Gasteiger partial charge is 0.228 e. The van der Waals surface area contributed by atoms with Crippen LogP contribution in [-0.4, -0.2) is 39.7 Å². The van der Waals surface area contributed by atoms with Gasteiger partial charge in [-0.1, -0.05) is 36.4 Å². The van der Waals surface area contributed by atoms with Gasteiger partial charge in [0.1, 0.15) is 0 Å². The van der Waals surface area contributed by atoms with Gasteiger partial charge in [0.2, 0.25) is 11.8 Å². The number of aromatic nitrogens is 2. The van der Waals surface area contributed by atoms with Crippen molar-refractivity contribution >= 4 is 44.6 Å². The number of carbonyl (C=O) groups is 2. The van der Waals surface area contributed by atoms with E-state index < -0.39 is 0 Å². The first kappa shape index (κ1) is 18.8. The van der Waals surface area contributed by atoms with Gasteiger partial charge in [0.15, 0.2) is 4.96 Å². The molecule has 7 heteroatoms. The van der Waals surface area contributed by atoms with E-state index >= 15 is 0 Å². The second kappa shape index (κ2) is 7.25. The lowest BCUT2D eigenvalue weighted by Gasteiger charge is -2.22. The lowest BCUT2D eigenvalue weighted by Crippen LogP contribution is -2.34. The first-order valence-corrected chi connectivity index (χ1v) is 10.8. The predicted octanol–water partition coefficient (Wildman–Crippen LogP) is 3.87. The Morgan fingerprint density at radius 1 is 1.23 bits per heavy atom. The zero-order valence-corrected chi connectivity index (χ0v) is 17.7. The van der Waals surface area contributed by atoms with Crippen molar-refractivity contribution in [2.75, 3.05) is 18.5 Å². The van der Waals surface area contributed by atoms with Crippen molar-refractivity contribution in [1.29, 1.82) is 0 Å². The molecule has 30 heavy (non-hydrogen) atoms. The van der Waals surface area contributed by atoms with Crippen molar-refractivity contribution in [1.82, 2.24) is 14.3 Å². The van der Waals surface area contributed by atoms with Gasteiger partial charge in [0, 0.05) is 37.0 Å². The summed E-state index contributed by atoms with van der Waals surface area (Å²) in [6.45, 7) is 2.85. The lowest BCUT2D eigenvalue weighted by molar-refractivity contribution is -0.135. The second-order valence-corrected chi connectivity index (χ2v) is 8.67. The molecule has 0 aliphatic carbocycles. The first-order chi connectivity index (χ1) is 14.5. The van der Waals surface area contributed by atoms with Gasteiger partial charge < -0.3 is 9.80 Å². The van der Waals surface area contributed by atoms with Crippen LogP contribution in [0.2, 0.25) is 0 Å². The van der Waals surface area contributed by atoms with Crippen LogP contribution >= 0.6 is 11.3 Å². The first-order valence-electron chi connectivity index (χ1n) is 9.97. The van der Waals surface area contributed by atoms with E-state index in [2.05, 4.69) is 4.98 Å². The minimum atomic E-state index is -0.340. The molecule has 4 aromatic rings. The van der Waals surface area contributed by atoms with E-state index in [9.17, 15) is 9.59 Å². The summed E-state index contributed by atoms with van der Waals surface area (Å²) in [4.78, 5) is 34.9. The Hall–Kier alpha value is -3.19. The molecule has 0 spiro atoms. The molecule has 0 N–H and O–H groups in total. The number of thiazole rings is 1. The molecule has 2 aromatic heterocycles. The van der Waals surface area contributed by atoms with Crippen LogP contribution in [0, 0.1) is 12.8 Å². The molecule has 0 bridgehead atoms. The van der Waals surface area contributed by atoms with E-state index in [4.69, 9.17) is 0 Å². The van der Waals surface area contributed by atoms with Gasteiger partial charge >= 0.3 is 0 Å². The second-order valence-electron chi connectivity index (χ2n) is 7.80. The zero-order chi connectivity index (χ0) is 20.8. The van der Waals surface area contributed by atoms with Crippen molar-refractivity contribution in [2.24, 2.45) is 5.92 Å². The summed E-state index contributed by atoms with van der Waals surface area (Å²) in [5, 5.41) is 4.11. The summed E-state index contributed by atoms with van der Waals surface area (Å²) in [6.07, 6.45) is 2.22. The van der Waals surface area contributed by atoms with Crippen molar-refractivity contribution in [2.45, 2.75) is 19.9 Å². The Bertz CT molecular complexity index is 1270. The molecule has 0 radical (unpaired) electrons. The number of carbonyl (C=O) groups excluding carboxylic acids is 2. The Kier molecular flexibility index (Phi) is 4.55. The number of imidazole rings is 1. The maximum Gasteiger partial charge on any atom is 0.228 e. The van der Waals surface area contributed by atoms with E-state index in [1.54, 1.807) is 28.2 Å². The molecule has 6 nitrogen and oxygen atoms in total. The number of anilines is 1. The van der Waals surface area contributed by atoms with E-state index in [0.717, 1.165) is 32.8 Å². The third kappa shape index (κ3) is 3.06. The monoisotopic (exact) mass is 418 g/mol. The number of amides is 2. The number of hydrogen-bond acceptors (Lipinski definition) is 4. The van der Waals surface area contributed by atoms with E-state index in [1.165, 1.54) is 0 Å². The van der Waals surface area contributed by atoms with Crippen molar-refractivity contribution in [3.63, 3.8) is 0 Å². The van der Waals surface area contributed by atoms with E-state index in [0.29, 0.717) is 13.1 Å². The van der Waals surface area contributed by atoms with Crippen LogP contribution in [0.15, 0.2) is 54.0 Å². The quantitative estimate of drug-likeness (QED) is 0.506. The van der Waals surface area contributed by atoms with Gasteiger partial charge in [0.25, 0.3) is 0 Å². The Labute approximate surface area is 178 Å². The highest BCUT2D eigenvalue weighted by Gasteiger charge is 2.37. The number of nitrogens with zero attached hydrogens (tertiary/aromatic N) is 4. The molecule has 2 amide bonds. The fourth-order valence-corrected chi connectivity index (χ4v) is 5.07. The number of hydrogen-bond donors (Lipinski definition) is 0. The minimum absolute atomic E-state index is 0.00105. The number of fused-ring (bicyclic) bond motifs is 2. The standard InChI is InChI=1S/C23H22N4O2S/c1-15-20(26-10-11-30-23(26)24-15)14-25(2)22(29)17-12-21(28)27(13-17)19-9-5-7-16-6-3-4-8-18(16)19/h3-11,17H,12-14H2,1-2H3/t17-/m0/s1. The van der Waals surface area contributed by atoms with Gasteiger partial charge in [-0.2, -0.15) is 0 Å². The highest BCUT2D eigenvalue weighted by Crippen LogP contribution is 2.32. The van der Waals surface area contributed by atoms with Gasteiger partial charge in [-0.25, -0.2) is 4.98 Å². The van der Waals surface area contributed by atoms with Gasteiger partial charge in [-0.05, 0) is 18.4 Å². The average Bonchev–Trinajstić information content (AvgIpc) is 3.43. The van der Waals surface area contributed by atoms with Crippen LogP contribution in [-0.2, 0) is 16.1 Å². The molecule has 152 valence electrons. The molecule has 0 unspecified atom stereocenters. The molecule has 3 heterocycles. The van der Waals surface area contributed by atoms with Crippen molar-refractivity contribution in [3.8, 4) is 0 Å². The molecule has 1 fully saturated rings. The molecule has 1 aliphatic heterocycles. The normalized spacial score (nSPS) is 16.7. The fourth-order valence-electron chi connectivity index (χ4n) is 4.29. The molecule has 2 aromatic carbocycles. The van der Waals surface area contributed by atoms with Crippen molar-refractivity contribution < 1.29 is 9.59 Å². The maximum atomic E-state index is 13.2. The van der Waals surface area contributed by atoms with E-state index in [1.807, 2.05) is 65.4 Å². The van der Waals surface area contributed by atoms with E-state index in [-0.39, 0.29) is 24.2 Å². The van der Waals surface area contributed by atoms with Crippen LogP contribution in [0.1, 0.15) is 17.8 Å². The maximum absolute atomic E-state index is 13.2. The third-order valence-electron chi connectivity index (χ3n) is 5.86. The van der Waals surface area contributed by atoms with Gasteiger partial charge in [0.05, 0.1) is 29.5 Å². The van der Waals surface area contributed by atoms with Crippen molar-refractivity contribution in [3.05, 3.63) is 65.4 Å². The minimum Gasteiger partial charge on any atom is -0.340 e. The third-order valence-corrected chi connectivity index (χ3v) is 6.61. The van der Waals surface area contributed by atoms with Crippen LogP contribution in [0.5, 0.6) is 0 Å². The summed E-state index contributed by atoms with van der Waals surface area (Å²) in [5.41, 5.74) is 2.82. The Balaban J connectivity index is 1.36. The number of rotatable bonds is 4. The lowest BCUT2D eigenvalue weighted by atomic mass is 10.1. The summed E-state index contributed by atoms with van der Waals surface area (Å²) in [6, 6.07) is 14.0. The topological polar surface area (TPSA) is 57.9 Å². The van der Waals surface area contributed by atoms with Crippen LogP contribution in [0.4, 0.5) is 5.69 Å². The largest absolute Gasteiger partial charge is 0.340 e. The number of aryl methyl sites for hydroxylation is 1. The Morgan fingerprint density at radius 2 is 2.03 bits per heavy atom. The van der Waals surface area contributed by atoms with Crippen LogP contribution in [0.25, 0.3) is 15.7 Å². The molecule has 1 aliphatic rings. The fraction of sp³-hybridized carbons (Fsp3) is 0.261. The van der Waals surface area contributed by atoms with Gasteiger partial charge in [-0.3, -0.25) is 14.0 Å². The summed E-state index contributed by atoms with van der Waals surface area (Å²) in [7, 11) is 1.80. The Morgan fingerprint density at radius 3 is 2.90 bits per heavy atom. The highest BCUT2D eigenvalue weighted by atomic mass is 32.1. The molecular formula is C23H22N4O2S. The van der Waals surface area contributed by atoms with Gasteiger partial charge in [-0.15, -0.1) is 11.3 Å². The number of benzene rings is 2. The average molecular weight is 419 g/mol. The van der Waals surface area contributed by atoms with Crippen LogP contribution in [0.3, 0.4) is 0 Å². The summed E-state index contributed by atoms with van der Waals surface area (Å²) in [5.74, 6) is -0.345. The molecule has 0 saturated carbocycles.